The topological polar surface area (TPSA) is 286 Å². The first-order valence-corrected chi connectivity index (χ1v) is 27.1. The molecule has 8 atom stereocenters. The molecule has 1 saturated heterocycles. The summed E-state index contributed by atoms with van der Waals surface area (Å²) in [5.41, 5.74) is 4.57. The number of anilines is 1. The number of ether oxygens (including phenoxy) is 3. The van der Waals surface area contributed by atoms with E-state index in [-0.39, 0.29) is 25.3 Å². The van der Waals surface area contributed by atoms with Crippen LogP contribution >= 0.6 is 15.6 Å². The van der Waals surface area contributed by atoms with Gasteiger partial charge in [-0.25, -0.2) is 13.9 Å². The molecule has 7 N–H and O–H groups in total. The summed E-state index contributed by atoms with van der Waals surface area (Å²) < 4.78 is 56.6. The lowest BCUT2D eigenvalue weighted by atomic mass is 9.99. The molecule has 1 aliphatic rings. The van der Waals surface area contributed by atoms with Crippen LogP contribution in [0.2, 0.25) is 0 Å². The fourth-order valence-electron chi connectivity index (χ4n) is 6.85. The number of nitrogens with zero attached hydrogens (tertiary/aromatic N) is 2. The van der Waals surface area contributed by atoms with Crippen molar-refractivity contribution in [3.05, 3.63) is 71.4 Å². The number of esters is 2. The highest BCUT2D eigenvalue weighted by molar-refractivity contribution is 7.61. The predicted octanol–water partition coefficient (Wildman–Crippen LogP) is 8.22. The maximum Gasteiger partial charge on any atom is 0.481 e. The summed E-state index contributed by atoms with van der Waals surface area (Å²) in [6.07, 6.45) is 28.1. The lowest BCUT2D eigenvalue weighted by molar-refractivity contribution is -0.161. The second-order valence-corrected chi connectivity index (χ2v) is 20.0. The molecule has 1 fully saturated rings. The molecule has 388 valence electrons. The van der Waals surface area contributed by atoms with Crippen molar-refractivity contribution < 1.29 is 71.4 Å². The van der Waals surface area contributed by atoms with Crippen molar-refractivity contribution in [2.24, 2.45) is 5.92 Å². The molecule has 1 aromatic rings. The predicted molar refractivity (Wildman–Crippen MR) is 258 cm³/mol. The van der Waals surface area contributed by atoms with Crippen LogP contribution in [0.25, 0.3) is 0 Å². The monoisotopic (exact) mass is 1000 g/mol. The van der Waals surface area contributed by atoms with Gasteiger partial charge < -0.3 is 45.1 Å². The molecule has 0 saturated carbocycles. The van der Waals surface area contributed by atoms with Crippen LogP contribution in [0.5, 0.6) is 0 Å². The molecule has 1 aliphatic heterocycles. The summed E-state index contributed by atoms with van der Waals surface area (Å²) in [7, 11) is -10.9. The molecular formula is C47H79N3O16P2. The van der Waals surface area contributed by atoms with Gasteiger partial charge in [0.25, 0.3) is 0 Å². The number of phosphoric ester groups is 2. The number of nitrogens with two attached hydrogens (primary N) is 1. The Kier molecular flexibility index (Phi) is 31.9. The number of aliphatic hydroxyl groups is 3. The number of hydrogen-bond acceptors (Lipinski definition) is 16. The van der Waals surface area contributed by atoms with Gasteiger partial charge in [0.15, 0.2) is 12.3 Å². The summed E-state index contributed by atoms with van der Waals surface area (Å²) >= 11 is 0. The van der Waals surface area contributed by atoms with E-state index in [0.717, 1.165) is 87.3 Å². The number of nitrogen functional groups attached to an aromatic ring is 1. The second-order valence-electron chi connectivity index (χ2n) is 16.9. The number of aromatic nitrogens is 2. The number of carbonyl (C=O) groups is 2. The van der Waals surface area contributed by atoms with E-state index in [2.05, 4.69) is 59.6 Å². The zero-order chi connectivity index (χ0) is 50.0. The minimum atomic E-state index is -5.44. The van der Waals surface area contributed by atoms with Gasteiger partial charge in [0, 0.05) is 25.6 Å². The fraction of sp³-hybridized carbons (Fsp3) is 0.702. The molecule has 0 bridgehead atoms. The molecule has 68 heavy (non-hydrogen) atoms. The van der Waals surface area contributed by atoms with Crippen LogP contribution in [0.4, 0.5) is 5.82 Å². The third-order valence-corrected chi connectivity index (χ3v) is 13.6. The Labute approximate surface area is 402 Å². The second kappa shape index (κ2) is 35.7. The molecule has 21 heteroatoms. The van der Waals surface area contributed by atoms with Crippen LogP contribution in [0, 0.1) is 5.92 Å². The number of hydrogen-bond donors (Lipinski definition) is 6. The van der Waals surface area contributed by atoms with E-state index in [9.17, 15) is 43.5 Å². The van der Waals surface area contributed by atoms with Crippen LogP contribution in [0.15, 0.2) is 65.7 Å². The quantitative estimate of drug-likeness (QED) is 0.0157. The first kappa shape index (κ1) is 60.8. The Hall–Kier alpha value is -3.32. The highest BCUT2D eigenvalue weighted by Gasteiger charge is 2.46. The first-order valence-electron chi connectivity index (χ1n) is 24.2. The highest BCUT2D eigenvalue weighted by atomic mass is 31.3. The summed E-state index contributed by atoms with van der Waals surface area (Å²) in [6, 6.07) is 1.24. The Bertz CT molecular complexity index is 1840. The van der Waals surface area contributed by atoms with Crippen molar-refractivity contribution >= 4 is 33.4 Å². The number of rotatable bonds is 39. The molecule has 2 heterocycles. The van der Waals surface area contributed by atoms with E-state index in [4.69, 9.17) is 34.1 Å². The van der Waals surface area contributed by atoms with Crippen LogP contribution in [0.3, 0.4) is 0 Å². The molecule has 0 aromatic carbocycles. The highest BCUT2D eigenvalue weighted by Crippen LogP contribution is 2.60. The number of unbranched alkanes of at least 4 members (excludes halogenated alkanes) is 11. The fourth-order valence-corrected chi connectivity index (χ4v) is 8.96. The van der Waals surface area contributed by atoms with Gasteiger partial charge in [0.1, 0.15) is 30.7 Å². The lowest BCUT2D eigenvalue weighted by Gasteiger charge is -2.21. The Morgan fingerprint density at radius 3 is 1.96 bits per heavy atom. The van der Waals surface area contributed by atoms with Crippen LogP contribution in [-0.2, 0) is 46.3 Å². The Morgan fingerprint density at radius 2 is 1.34 bits per heavy atom. The van der Waals surface area contributed by atoms with Crippen molar-refractivity contribution in [3.8, 4) is 0 Å². The number of allylic oxidation sites excluding steroid dienone is 8. The molecule has 2 rings (SSSR count). The minimum absolute atomic E-state index is 0.0318. The van der Waals surface area contributed by atoms with Crippen molar-refractivity contribution in [2.45, 2.75) is 179 Å². The standard InChI is InChI=1S/C47H79N3O16P2/c1-3-38(2)29-25-21-17-14-15-19-23-27-31-43(53)64-39(35-61-42(52)30-26-22-18-13-11-9-7-5-4-6-8-10-12-16-20-24-28-34-51)36-62-67(57,58)66-68(59,60)63-37-40-44(54)45(55)46(65-40)50-33-32-41(48)49-47(50)56/h4,6-7,9-10,12-13,18,32-33,38-40,44-46,51,54-55H,3,5,8,11,14-17,19-31,34-37H2,1-2H3,(H,57,58)(H,59,60)(H2,48,49,56)/b6-4-,9-7-,12-10-,18-13-/t38?,39-,40-,44-,45-,46-/m1/s1. The zero-order valence-electron chi connectivity index (χ0n) is 40.0. The third-order valence-electron chi connectivity index (χ3n) is 11.0. The average molecular weight is 1000 g/mol. The summed E-state index contributed by atoms with van der Waals surface area (Å²) in [5.74, 6) is -0.629. The largest absolute Gasteiger partial charge is 0.481 e. The minimum Gasteiger partial charge on any atom is -0.462 e. The van der Waals surface area contributed by atoms with E-state index in [1.807, 2.05) is 12.2 Å². The van der Waals surface area contributed by atoms with Crippen molar-refractivity contribution in [2.75, 3.05) is 32.2 Å². The van der Waals surface area contributed by atoms with E-state index in [1.165, 1.54) is 38.2 Å². The molecule has 1 aromatic heterocycles. The van der Waals surface area contributed by atoms with Gasteiger partial charge >= 0.3 is 33.3 Å². The summed E-state index contributed by atoms with van der Waals surface area (Å²) in [4.78, 5) is 61.7. The maximum absolute atomic E-state index is 12.8. The molecule has 0 radical (unpaired) electrons. The van der Waals surface area contributed by atoms with Gasteiger partial charge in [-0.3, -0.25) is 23.2 Å². The number of carbonyl (C=O) groups excluding carboxylic acids is 2. The van der Waals surface area contributed by atoms with Crippen molar-refractivity contribution in [1.29, 1.82) is 0 Å². The van der Waals surface area contributed by atoms with E-state index < -0.39 is 83.7 Å². The maximum atomic E-state index is 12.8. The lowest BCUT2D eigenvalue weighted by Crippen LogP contribution is -2.36. The van der Waals surface area contributed by atoms with Crippen molar-refractivity contribution in [3.63, 3.8) is 0 Å². The Balaban J connectivity index is 1.83. The van der Waals surface area contributed by atoms with Gasteiger partial charge in [-0.05, 0) is 69.8 Å². The van der Waals surface area contributed by atoms with Gasteiger partial charge in [0.2, 0.25) is 0 Å². The van der Waals surface area contributed by atoms with E-state index in [1.54, 1.807) is 0 Å². The first-order chi connectivity index (χ1) is 32.6. The summed E-state index contributed by atoms with van der Waals surface area (Å²) in [5, 5.41) is 29.7. The number of phosphoric acid groups is 2. The number of aliphatic hydroxyl groups excluding tert-OH is 3. The van der Waals surface area contributed by atoms with Gasteiger partial charge in [-0.15, -0.1) is 0 Å². The van der Waals surface area contributed by atoms with E-state index in [0.29, 0.717) is 19.3 Å². The van der Waals surface area contributed by atoms with Gasteiger partial charge in [-0.1, -0.05) is 127 Å². The molecule has 19 nitrogen and oxygen atoms in total. The average Bonchev–Trinajstić information content (AvgIpc) is 3.57. The molecule has 3 unspecified atom stereocenters. The smallest absolute Gasteiger partial charge is 0.462 e. The SMILES string of the molecule is CCC(C)CCCCCCCCCCC(=O)O[C@H](COC(=O)CCC/C=C\C/C=C\C/C=C\C/C=C\CCCCCO)COP(=O)(O)OP(=O)(O)OC[C@H]1O[C@@H](n2ccc(N)nc2=O)[C@H](O)[C@@H]1O. The van der Waals surface area contributed by atoms with Gasteiger partial charge in [0.05, 0.1) is 13.2 Å². The summed E-state index contributed by atoms with van der Waals surface area (Å²) in [6.45, 7) is 2.36. The van der Waals surface area contributed by atoms with Crippen LogP contribution in [0.1, 0.15) is 155 Å². The Morgan fingerprint density at radius 1 is 0.779 bits per heavy atom. The normalized spacial score (nSPS) is 20.3. The van der Waals surface area contributed by atoms with Crippen LogP contribution < -0.4 is 11.4 Å². The zero-order valence-corrected chi connectivity index (χ0v) is 41.8. The van der Waals surface area contributed by atoms with Crippen LogP contribution in [-0.4, -0.2) is 97.4 Å². The molecule has 0 aliphatic carbocycles. The van der Waals surface area contributed by atoms with Gasteiger partial charge in [-0.2, -0.15) is 9.29 Å². The van der Waals surface area contributed by atoms with Crippen molar-refractivity contribution in [1.82, 2.24) is 9.55 Å². The third kappa shape index (κ3) is 28.4. The molecule has 0 amide bonds. The molecule has 0 spiro atoms. The van der Waals surface area contributed by atoms with E-state index >= 15 is 0 Å². The molecular weight excluding hydrogens is 924 g/mol.